The van der Waals surface area contributed by atoms with Gasteiger partial charge in [0.25, 0.3) is 0 Å². The van der Waals surface area contributed by atoms with Crippen molar-refractivity contribution in [1.29, 1.82) is 0 Å². The van der Waals surface area contributed by atoms with E-state index >= 15 is 0 Å². The Kier molecular flexibility index (Phi) is 21.0. The molecule has 8 N–H and O–H groups in total. The minimum atomic E-state index is 0. The maximum atomic E-state index is 9.89. The van der Waals surface area contributed by atoms with Crippen LogP contribution < -0.4 is 11.5 Å². The van der Waals surface area contributed by atoms with Crippen LogP contribution in [0.1, 0.15) is 11.1 Å². The average Bonchev–Trinajstić information content (AvgIpc) is 2.60. The van der Waals surface area contributed by atoms with Gasteiger partial charge in [-0.3, -0.25) is 12.6 Å². The fraction of sp³-hybridized carbons (Fsp3) is 0.222. The van der Waals surface area contributed by atoms with E-state index < -0.39 is 0 Å². The Morgan fingerprint density at radius 3 is 1.27 bits per heavy atom. The molecule has 0 heterocycles. The molecule has 0 amide bonds. The predicted octanol–water partition coefficient (Wildman–Crippen LogP) is 0.165. The van der Waals surface area contributed by atoms with Crippen LogP contribution in [0.2, 0.25) is 0 Å². The van der Waals surface area contributed by atoms with E-state index in [9.17, 15) is 9.59 Å². The van der Waals surface area contributed by atoms with Crippen molar-refractivity contribution < 1.29 is 42.3 Å². The van der Waals surface area contributed by atoms with Gasteiger partial charge in [0.15, 0.2) is 0 Å². The molecule has 0 fully saturated rings. The Labute approximate surface area is 163 Å². The fourth-order valence-electron chi connectivity index (χ4n) is 1.48. The first kappa shape index (κ1) is 28.6. The zero-order valence-corrected chi connectivity index (χ0v) is 15.3. The normalized spacial score (nSPS) is 8.23. The smallest absolute Gasteiger partial charge is 0.541 e. The van der Waals surface area contributed by atoms with Crippen LogP contribution in [0.5, 0.6) is 11.5 Å². The maximum absolute atomic E-state index is 9.89. The number of nitrogens with two attached hydrogens (primary N) is 2. The van der Waals surface area contributed by atoms with Crippen LogP contribution in [0.4, 0.5) is 0 Å². The van der Waals surface area contributed by atoms with E-state index in [-0.39, 0.29) is 46.9 Å². The van der Waals surface area contributed by atoms with Crippen molar-refractivity contribution in [3.05, 3.63) is 59.7 Å². The van der Waals surface area contributed by atoms with E-state index in [0.717, 1.165) is 0 Å². The zero-order valence-electron chi connectivity index (χ0n) is 14.2. The summed E-state index contributed by atoms with van der Waals surface area (Å²) in [5.74, 6) is 0.316. The first-order chi connectivity index (χ1) is 11.6. The van der Waals surface area contributed by atoms with Crippen molar-refractivity contribution in [3.63, 3.8) is 0 Å². The second-order valence-corrected chi connectivity index (χ2v) is 4.48. The van der Waals surface area contributed by atoms with Crippen molar-refractivity contribution in [2.45, 2.75) is 12.8 Å². The molecule has 0 aliphatic carbocycles. The summed E-state index contributed by atoms with van der Waals surface area (Å²) in [5, 5.41) is 18.1. The first-order valence-electron chi connectivity index (χ1n) is 7.24. The van der Waals surface area contributed by atoms with Crippen LogP contribution in [0.15, 0.2) is 48.5 Å². The Balaban J connectivity index is -0.000000319. The Morgan fingerprint density at radius 1 is 0.731 bits per heavy atom. The number of benzene rings is 2. The molecule has 0 saturated carbocycles. The molecule has 2 rings (SSSR count). The van der Waals surface area contributed by atoms with Gasteiger partial charge >= 0.3 is 17.1 Å². The molecule has 0 aromatic heterocycles. The average molecular weight is 404 g/mol. The molecule has 2 aromatic rings. The number of para-hydroxylation sites is 2. The molecular weight excluding hydrogens is 380 g/mol. The minimum absolute atomic E-state index is 0. The number of phenols is 2. The summed E-state index contributed by atoms with van der Waals surface area (Å²) < 4.78 is 0. The molecule has 0 atom stereocenters. The van der Waals surface area contributed by atoms with Crippen LogP contribution in [0.25, 0.3) is 0 Å². The number of carbonyl (C=O) groups excluding carboxylic acids is 2. The maximum Gasteiger partial charge on any atom is 2.00 e. The molecule has 0 aliphatic heterocycles. The van der Waals surface area contributed by atoms with Gasteiger partial charge in [-0.1, -0.05) is 36.4 Å². The number of hydrogen-bond donors (Lipinski definition) is 4. The standard InChI is InChI=1S/2C8H7O2.C2H8N2.Fe.H2O/c2*9-6-5-7-3-1-2-4-8(7)10;3-1-2-4;;/h2*1-4,10H,5H2;1-4H2;;1H2/q2*-1;;+2;. The third kappa shape index (κ3) is 13.1. The van der Waals surface area contributed by atoms with E-state index in [1.807, 2.05) is 0 Å². The number of hydrogen-bond acceptors (Lipinski definition) is 6. The number of phenolic OH excluding ortho intramolecular Hbond substituents is 2. The summed E-state index contributed by atoms with van der Waals surface area (Å²) in [5.41, 5.74) is 11.1. The molecule has 0 spiro atoms. The Bertz CT molecular complexity index is 558. The van der Waals surface area contributed by atoms with Crippen LogP contribution in [0, 0.1) is 0 Å². The van der Waals surface area contributed by atoms with Gasteiger partial charge in [-0.15, -0.1) is 12.8 Å². The summed E-state index contributed by atoms with van der Waals surface area (Å²) in [6, 6.07) is 13.5. The molecule has 0 radical (unpaired) electrons. The third-order valence-corrected chi connectivity index (χ3v) is 2.68. The molecule has 0 unspecified atom stereocenters. The molecule has 7 nitrogen and oxygen atoms in total. The third-order valence-electron chi connectivity index (χ3n) is 2.68. The first-order valence-corrected chi connectivity index (χ1v) is 7.24. The van der Waals surface area contributed by atoms with Gasteiger partial charge in [0.2, 0.25) is 0 Å². The molecular formula is C18H24FeN2O5. The summed E-state index contributed by atoms with van der Waals surface area (Å²) in [6.45, 7) is 1.19. The van der Waals surface area contributed by atoms with Gasteiger partial charge in [-0.05, 0) is 23.3 Å². The second-order valence-electron chi connectivity index (χ2n) is 4.48. The van der Waals surface area contributed by atoms with Gasteiger partial charge < -0.3 is 36.7 Å². The van der Waals surface area contributed by atoms with E-state index in [2.05, 4.69) is 0 Å². The molecule has 0 aliphatic rings. The summed E-state index contributed by atoms with van der Waals surface area (Å²) in [6.07, 6.45) is 3.75. The molecule has 0 saturated heterocycles. The summed E-state index contributed by atoms with van der Waals surface area (Å²) in [4.78, 5) is 19.8. The summed E-state index contributed by atoms with van der Waals surface area (Å²) in [7, 11) is 0. The molecule has 26 heavy (non-hydrogen) atoms. The van der Waals surface area contributed by atoms with E-state index in [4.69, 9.17) is 21.7 Å². The van der Waals surface area contributed by atoms with Gasteiger partial charge in [-0.25, -0.2) is 0 Å². The van der Waals surface area contributed by atoms with Crippen molar-refractivity contribution in [3.8, 4) is 11.5 Å². The topological polar surface area (TPSA) is 158 Å². The predicted molar refractivity (Wildman–Crippen MR) is 96.7 cm³/mol. The second kappa shape index (κ2) is 19.1. The van der Waals surface area contributed by atoms with Crippen molar-refractivity contribution in [1.82, 2.24) is 0 Å². The largest absolute Gasteiger partial charge is 2.00 e. The van der Waals surface area contributed by atoms with Gasteiger partial charge in [-0.2, -0.15) is 0 Å². The van der Waals surface area contributed by atoms with Crippen molar-refractivity contribution in [2.75, 3.05) is 13.1 Å². The molecule has 2 aromatic carbocycles. The van der Waals surface area contributed by atoms with Crippen LogP contribution in [-0.4, -0.2) is 41.4 Å². The minimum Gasteiger partial charge on any atom is -0.541 e. The van der Waals surface area contributed by atoms with Crippen molar-refractivity contribution in [2.24, 2.45) is 11.5 Å². The number of aromatic hydroxyl groups is 2. The quantitative estimate of drug-likeness (QED) is 0.411. The molecule has 0 bridgehead atoms. The zero-order chi connectivity index (χ0) is 18.2. The van der Waals surface area contributed by atoms with Gasteiger partial charge in [0.05, 0.1) is 0 Å². The molecule has 144 valence electrons. The van der Waals surface area contributed by atoms with Gasteiger partial charge in [0.1, 0.15) is 11.5 Å². The van der Waals surface area contributed by atoms with E-state index in [0.29, 0.717) is 24.2 Å². The summed E-state index contributed by atoms with van der Waals surface area (Å²) >= 11 is 0. The van der Waals surface area contributed by atoms with Crippen LogP contribution in [0.3, 0.4) is 0 Å². The SMILES string of the molecule is NCCN.O.O=[C-]Cc1ccccc1O.O=[C-]Cc1ccccc1O.[Fe+2]. The Hall–Kier alpha value is -2.22. The van der Waals surface area contributed by atoms with Crippen LogP contribution in [-0.2, 0) is 39.5 Å². The Morgan fingerprint density at radius 2 is 1.04 bits per heavy atom. The fourth-order valence-corrected chi connectivity index (χ4v) is 1.48. The monoisotopic (exact) mass is 404 g/mol. The van der Waals surface area contributed by atoms with E-state index in [1.165, 1.54) is 0 Å². The van der Waals surface area contributed by atoms with Gasteiger partial charge in [0, 0.05) is 13.1 Å². The van der Waals surface area contributed by atoms with Crippen molar-refractivity contribution >= 4 is 12.6 Å². The van der Waals surface area contributed by atoms with Crippen LogP contribution >= 0.6 is 0 Å². The van der Waals surface area contributed by atoms with E-state index in [1.54, 1.807) is 61.1 Å². The number of rotatable bonds is 5. The molecule has 8 heteroatoms.